The molecule has 2 aromatic heterocycles. The average Bonchev–Trinajstić information content (AvgIpc) is 3.10. The molecule has 2 heterocycles. The summed E-state index contributed by atoms with van der Waals surface area (Å²) >= 11 is 6.33. The van der Waals surface area contributed by atoms with E-state index in [4.69, 9.17) is 0 Å². The summed E-state index contributed by atoms with van der Waals surface area (Å²) in [6, 6.07) is 5.93. The second kappa shape index (κ2) is 8.35. The summed E-state index contributed by atoms with van der Waals surface area (Å²) in [6.07, 6.45) is 3.02. The second-order valence-electron chi connectivity index (χ2n) is 5.28. The third kappa shape index (κ3) is 4.55. The van der Waals surface area contributed by atoms with E-state index in [1.807, 2.05) is 0 Å². The van der Waals surface area contributed by atoms with Crippen LogP contribution in [0.15, 0.2) is 55.4 Å². The Morgan fingerprint density at radius 3 is 2.78 bits per heavy atom. The number of halogens is 3. The summed E-state index contributed by atoms with van der Waals surface area (Å²) in [5.74, 6) is -0.934. The Balaban J connectivity index is 1.82. The zero-order chi connectivity index (χ0) is 19.4. The van der Waals surface area contributed by atoms with E-state index >= 15 is 0 Å². The monoisotopic (exact) mass is 497 g/mol. The predicted octanol–water partition coefficient (Wildman–Crippen LogP) is 3.80. The van der Waals surface area contributed by atoms with Gasteiger partial charge >= 0.3 is 0 Å². The van der Waals surface area contributed by atoms with Crippen LogP contribution in [0.5, 0.6) is 0 Å². The lowest BCUT2D eigenvalue weighted by molar-refractivity contribution is 0.102. The second-order valence-corrected chi connectivity index (χ2v) is 7.05. The Kier molecular flexibility index (Phi) is 5.91. The quantitative estimate of drug-likeness (QED) is 0.314. The Morgan fingerprint density at radius 2 is 2.07 bits per heavy atom. The van der Waals surface area contributed by atoms with Gasteiger partial charge < -0.3 is 10.5 Å². The molecule has 27 heavy (non-hydrogen) atoms. The molecular weight excluding hydrogens is 489 g/mol. The van der Waals surface area contributed by atoms with Crippen molar-refractivity contribution in [3.8, 4) is 0 Å². The van der Waals surface area contributed by atoms with Gasteiger partial charge in [-0.25, -0.2) is 9.02 Å². The molecule has 0 bridgehead atoms. The number of amides is 1. The fourth-order valence-corrected chi connectivity index (χ4v) is 2.98. The van der Waals surface area contributed by atoms with E-state index in [0.29, 0.717) is 10.0 Å². The molecule has 0 saturated carbocycles. The van der Waals surface area contributed by atoms with E-state index in [1.165, 1.54) is 24.5 Å². The highest BCUT2D eigenvalue weighted by atomic mass is 79.9. The standard InChI is InChI=1S/C16H10Br2FN5O3/c17-10-5-9(6-20-7-10)16(25)21-15-14(23-27-24-15)13(22-26)4-8-1-2-12(19)11(18)3-8/h1-3,5-7,26H,4H2,(H,21,24,25). The maximum absolute atomic E-state index is 13.4. The van der Waals surface area contributed by atoms with E-state index in [2.05, 4.69) is 62.3 Å². The van der Waals surface area contributed by atoms with E-state index in [-0.39, 0.29) is 33.7 Å². The van der Waals surface area contributed by atoms with Crippen molar-refractivity contribution in [3.05, 3.63) is 68.2 Å². The summed E-state index contributed by atoms with van der Waals surface area (Å²) in [5, 5.41) is 22.4. The molecule has 0 aliphatic carbocycles. The van der Waals surface area contributed by atoms with Gasteiger partial charge in [0.15, 0.2) is 5.69 Å². The topological polar surface area (TPSA) is 114 Å². The molecule has 0 aliphatic rings. The third-order valence-electron chi connectivity index (χ3n) is 3.44. The van der Waals surface area contributed by atoms with E-state index in [9.17, 15) is 14.4 Å². The lowest BCUT2D eigenvalue weighted by atomic mass is 10.1. The first kappa shape index (κ1) is 19.1. The molecule has 3 rings (SSSR count). The molecular formula is C16H10Br2FN5O3. The summed E-state index contributed by atoms with van der Waals surface area (Å²) in [7, 11) is 0. The van der Waals surface area contributed by atoms with Gasteiger partial charge in [0.25, 0.3) is 5.91 Å². The van der Waals surface area contributed by atoms with Crippen LogP contribution in [0, 0.1) is 5.82 Å². The van der Waals surface area contributed by atoms with Gasteiger partial charge in [-0.1, -0.05) is 11.2 Å². The van der Waals surface area contributed by atoms with Crippen LogP contribution in [-0.4, -0.2) is 32.1 Å². The molecule has 0 atom stereocenters. The molecule has 3 aromatic rings. The Morgan fingerprint density at radius 1 is 1.26 bits per heavy atom. The third-order valence-corrected chi connectivity index (χ3v) is 4.48. The fraction of sp³-hybridized carbons (Fsp3) is 0.0625. The Labute approximate surface area is 168 Å². The van der Waals surface area contributed by atoms with Gasteiger partial charge in [0.1, 0.15) is 11.5 Å². The number of oxime groups is 1. The molecule has 1 amide bonds. The molecule has 1 aromatic carbocycles. The van der Waals surface area contributed by atoms with E-state index < -0.39 is 11.7 Å². The van der Waals surface area contributed by atoms with Crippen molar-refractivity contribution in [1.29, 1.82) is 0 Å². The van der Waals surface area contributed by atoms with Gasteiger partial charge in [-0.15, -0.1) is 0 Å². The van der Waals surface area contributed by atoms with Crippen molar-refractivity contribution < 1.29 is 19.0 Å². The molecule has 0 aliphatic heterocycles. The first-order valence-electron chi connectivity index (χ1n) is 7.37. The van der Waals surface area contributed by atoms with Crippen molar-refractivity contribution in [2.75, 3.05) is 5.32 Å². The predicted molar refractivity (Wildman–Crippen MR) is 100 cm³/mol. The molecule has 11 heteroatoms. The van der Waals surface area contributed by atoms with Crippen LogP contribution in [-0.2, 0) is 6.42 Å². The number of carbonyl (C=O) groups is 1. The van der Waals surface area contributed by atoms with E-state index in [0.717, 1.165) is 0 Å². The first-order chi connectivity index (χ1) is 13.0. The Hall–Kier alpha value is -2.66. The van der Waals surface area contributed by atoms with Crippen LogP contribution in [0.25, 0.3) is 0 Å². The number of nitrogens with zero attached hydrogens (tertiary/aromatic N) is 4. The highest BCUT2D eigenvalue weighted by molar-refractivity contribution is 9.10. The van der Waals surface area contributed by atoms with Crippen molar-refractivity contribution in [1.82, 2.24) is 15.3 Å². The van der Waals surface area contributed by atoms with Crippen LogP contribution in [0.4, 0.5) is 10.2 Å². The number of rotatable bonds is 5. The molecule has 0 radical (unpaired) electrons. The lowest BCUT2D eigenvalue weighted by Crippen LogP contribution is -2.16. The number of hydrogen-bond acceptors (Lipinski definition) is 7. The number of hydrogen-bond donors (Lipinski definition) is 2. The smallest absolute Gasteiger partial charge is 0.258 e. The van der Waals surface area contributed by atoms with Gasteiger partial charge in [-0.3, -0.25) is 9.78 Å². The minimum Gasteiger partial charge on any atom is -0.411 e. The number of anilines is 1. The zero-order valence-electron chi connectivity index (χ0n) is 13.4. The lowest BCUT2D eigenvalue weighted by Gasteiger charge is -2.06. The van der Waals surface area contributed by atoms with Gasteiger partial charge in [0.05, 0.1) is 10.0 Å². The average molecular weight is 499 g/mol. The van der Waals surface area contributed by atoms with Gasteiger partial charge in [0.2, 0.25) is 5.82 Å². The van der Waals surface area contributed by atoms with Crippen LogP contribution in [0.1, 0.15) is 21.6 Å². The highest BCUT2D eigenvalue weighted by Crippen LogP contribution is 2.20. The number of pyridine rings is 1. The summed E-state index contributed by atoms with van der Waals surface area (Å²) < 4.78 is 18.9. The Bertz CT molecular complexity index is 1020. The van der Waals surface area contributed by atoms with E-state index in [1.54, 1.807) is 12.1 Å². The van der Waals surface area contributed by atoms with Gasteiger partial charge in [-0.2, -0.15) is 0 Å². The first-order valence-corrected chi connectivity index (χ1v) is 8.96. The normalized spacial score (nSPS) is 11.4. The van der Waals surface area contributed by atoms with Crippen LogP contribution in [0.2, 0.25) is 0 Å². The van der Waals surface area contributed by atoms with Crippen LogP contribution in [0.3, 0.4) is 0 Å². The van der Waals surface area contributed by atoms with Crippen molar-refractivity contribution >= 4 is 49.3 Å². The minimum atomic E-state index is -0.498. The molecule has 138 valence electrons. The zero-order valence-corrected chi connectivity index (χ0v) is 16.5. The maximum Gasteiger partial charge on any atom is 0.258 e. The molecule has 0 unspecified atom stereocenters. The SMILES string of the molecule is O=C(Nc1nonc1C(Cc1ccc(F)c(Br)c1)=NO)c1cncc(Br)c1. The molecule has 0 spiro atoms. The van der Waals surface area contributed by atoms with Gasteiger partial charge in [-0.05, 0) is 65.9 Å². The summed E-state index contributed by atoms with van der Waals surface area (Å²) in [6.45, 7) is 0. The van der Waals surface area contributed by atoms with Gasteiger partial charge in [0, 0.05) is 23.3 Å². The number of aromatic nitrogens is 3. The number of nitrogens with one attached hydrogen (secondary N) is 1. The van der Waals surface area contributed by atoms with Crippen molar-refractivity contribution in [2.24, 2.45) is 5.16 Å². The highest BCUT2D eigenvalue weighted by Gasteiger charge is 2.20. The van der Waals surface area contributed by atoms with Crippen LogP contribution >= 0.6 is 31.9 Å². The number of benzene rings is 1. The fourth-order valence-electron chi connectivity index (χ4n) is 2.19. The molecule has 0 fully saturated rings. The van der Waals surface area contributed by atoms with Crippen LogP contribution < -0.4 is 5.32 Å². The summed E-state index contributed by atoms with van der Waals surface area (Å²) in [5.41, 5.74) is 1.06. The molecule has 0 saturated heterocycles. The van der Waals surface area contributed by atoms with Crippen molar-refractivity contribution in [3.63, 3.8) is 0 Å². The minimum absolute atomic E-state index is 0.0195. The maximum atomic E-state index is 13.4. The number of carbonyl (C=O) groups excluding carboxylic acids is 1. The summed E-state index contributed by atoms with van der Waals surface area (Å²) in [4.78, 5) is 16.2. The molecule has 2 N–H and O–H groups in total. The van der Waals surface area contributed by atoms with Crippen molar-refractivity contribution in [2.45, 2.75) is 6.42 Å². The largest absolute Gasteiger partial charge is 0.411 e. The molecule has 8 nitrogen and oxygen atoms in total.